The number of carboxylic acid groups (broad SMARTS) is 1. The number of carbonyl (C=O) groups is 1. The van der Waals surface area contributed by atoms with Crippen LogP contribution < -0.4 is 5.32 Å². The highest BCUT2D eigenvalue weighted by molar-refractivity contribution is 5.67. The highest BCUT2D eigenvalue weighted by atomic mass is 19.1. The van der Waals surface area contributed by atoms with E-state index in [-0.39, 0.29) is 6.54 Å². The van der Waals surface area contributed by atoms with Crippen molar-refractivity contribution in [3.05, 3.63) is 53.7 Å². The summed E-state index contributed by atoms with van der Waals surface area (Å²) < 4.78 is 14.6. The fraction of sp³-hybridized carbons (Fsp3) is 0.333. The van der Waals surface area contributed by atoms with Gasteiger partial charge in [-0.1, -0.05) is 30.3 Å². The molecule has 2 atom stereocenters. The summed E-state index contributed by atoms with van der Waals surface area (Å²) in [4.78, 5) is 17.2. The molecule has 0 aliphatic carbocycles. The minimum Gasteiger partial charge on any atom is -0.465 e. The molecular formula is C18H20FN3O2. The van der Waals surface area contributed by atoms with Gasteiger partial charge in [-0.25, -0.2) is 9.18 Å². The number of benzene rings is 1. The van der Waals surface area contributed by atoms with Crippen molar-refractivity contribution in [1.29, 1.82) is 0 Å². The minimum atomic E-state index is -1.47. The van der Waals surface area contributed by atoms with Crippen LogP contribution in [0.25, 0.3) is 11.3 Å². The molecule has 1 saturated heterocycles. The topological polar surface area (TPSA) is 65.5 Å². The molecule has 1 aliphatic rings. The Morgan fingerprint density at radius 3 is 2.67 bits per heavy atom. The van der Waals surface area contributed by atoms with Gasteiger partial charge in [0.25, 0.3) is 0 Å². The van der Waals surface area contributed by atoms with Gasteiger partial charge in [0.2, 0.25) is 0 Å². The van der Waals surface area contributed by atoms with Crippen LogP contribution >= 0.6 is 0 Å². The maximum Gasteiger partial charge on any atom is 0.408 e. The zero-order chi connectivity index (χ0) is 17.3. The Hall–Kier alpha value is -2.47. The molecule has 2 unspecified atom stereocenters. The molecule has 2 N–H and O–H groups in total. The smallest absolute Gasteiger partial charge is 0.408 e. The summed E-state index contributed by atoms with van der Waals surface area (Å²) in [6, 6.07) is 13.0. The fourth-order valence-electron chi connectivity index (χ4n) is 3.15. The van der Waals surface area contributed by atoms with Crippen molar-refractivity contribution < 1.29 is 14.3 Å². The van der Waals surface area contributed by atoms with E-state index in [4.69, 9.17) is 0 Å². The first-order chi connectivity index (χ1) is 11.4. The lowest BCUT2D eigenvalue weighted by atomic mass is 9.86. The van der Waals surface area contributed by atoms with Crippen LogP contribution in [0.2, 0.25) is 0 Å². The third-order valence-electron chi connectivity index (χ3n) is 4.60. The second kappa shape index (κ2) is 6.20. The van der Waals surface area contributed by atoms with Crippen molar-refractivity contribution >= 4 is 6.09 Å². The predicted molar refractivity (Wildman–Crippen MR) is 89.4 cm³/mol. The van der Waals surface area contributed by atoms with Gasteiger partial charge in [-0.15, -0.1) is 0 Å². The number of hydrogen-bond acceptors (Lipinski definition) is 3. The standard InChI is InChI=1S/C18H20FN3O2/c1-12-4-3-5-15(21-12)13-6-8-14(9-7-13)18(2)16(19)20-10-11-22(18)17(23)24/h3-9,16,20H,10-11H2,1-2H3,(H,23,24). The summed E-state index contributed by atoms with van der Waals surface area (Å²) in [6.07, 6.45) is -2.59. The van der Waals surface area contributed by atoms with Crippen molar-refractivity contribution in [2.45, 2.75) is 25.7 Å². The molecule has 2 aromatic rings. The first kappa shape index (κ1) is 16.4. The summed E-state index contributed by atoms with van der Waals surface area (Å²) in [7, 11) is 0. The number of alkyl halides is 1. The van der Waals surface area contributed by atoms with Gasteiger partial charge in [0, 0.05) is 24.3 Å². The molecule has 126 valence electrons. The maximum absolute atomic E-state index is 14.6. The summed E-state index contributed by atoms with van der Waals surface area (Å²) >= 11 is 0. The number of rotatable bonds is 2. The number of pyridine rings is 1. The van der Waals surface area contributed by atoms with Gasteiger partial charge in [-0.3, -0.25) is 15.2 Å². The van der Waals surface area contributed by atoms with Crippen molar-refractivity contribution in [2.75, 3.05) is 13.1 Å². The molecule has 1 aliphatic heterocycles. The van der Waals surface area contributed by atoms with Crippen LogP contribution in [0.15, 0.2) is 42.5 Å². The quantitative estimate of drug-likeness (QED) is 0.831. The second-order valence-corrected chi connectivity index (χ2v) is 6.14. The van der Waals surface area contributed by atoms with E-state index in [2.05, 4.69) is 10.3 Å². The van der Waals surface area contributed by atoms with E-state index in [9.17, 15) is 14.3 Å². The van der Waals surface area contributed by atoms with Crippen LogP contribution in [0.1, 0.15) is 18.2 Å². The number of hydrogen-bond donors (Lipinski definition) is 2. The van der Waals surface area contributed by atoms with Gasteiger partial charge in [0.1, 0.15) is 5.54 Å². The molecule has 0 spiro atoms. The Labute approximate surface area is 140 Å². The highest BCUT2D eigenvalue weighted by Crippen LogP contribution is 2.35. The van der Waals surface area contributed by atoms with Crippen LogP contribution in [-0.4, -0.2) is 40.5 Å². The summed E-state index contributed by atoms with van der Waals surface area (Å²) in [5.41, 5.74) is 2.01. The van der Waals surface area contributed by atoms with E-state index in [0.29, 0.717) is 12.1 Å². The van der Waals surface area contributed by atoms with Crippen LogP contribution in [0, 0.1) is 6.92 Å². The third-order valence-corrected chi connectivity index (χ3v) is 4.60. The lowest BCUT2D eigenvalue weighted by molar-refractivity contribution is -0.0139. The Morgan fingerprint density at radius 2 is 2.04 bits per heavy atom. The maximum atomic E-state index is 14.6. The largest absolute Gasteiger partial charge is 0.465 e. The number of aryl methyl sites for hydroxylation is 1. The molecule has 24 heavy (non-hydrogen) atoms. The van der Waals surface area contributed by atoms with Crippen LogP contribution in [-0.2, 0) is 5.54 Å². The molecule has 1 aromatic carbocycles. The molecule has 2 heterocycles. The van der Waals surface area contributed by atoms with E-state index in [1.54, 1.807) is 19.1 Å². The monoisotopic (exact) mass is 329 g/mol. The molecule has 1 amide bonds. The molecule has 1 fully saturated rings. The molecule has 0 saturated carbocycles. The summed E-state index contributed by atoms with van der Waals surface area (Å²) in [6.45, 7) is 4.07. The van der Waals surface area contributed by atoms with E-state index >= 15 is 0 Å². The van der Waals surface area contributed by atoms with E-state index in [0.717, 1.165) is 21.9 Å². The zero-order valence-electron chi connectivity index (χ0n) is 13.7. The molecule has 0 bridgehead atoms. The lowest BCUT2D eigenvalue weighted by Gasteiger charge is -2.46. The van der Waals surface area contributed by atoms with E-state index in [1.807, 2.05) is 37.3 Å². The van der Waals surface area contributed by atoms with Crippen molar-refractivity contribution in [3.8, 4) is 11.3 Å². The SMILES string of the molecule is Cc1cccc(-c2ccc(C3(C)C(F)NCCN3C(=O)O)cc2)n1. The van der Waals surface area contributed by atoms with Gasteiger partial charge in [-0.2, -0.15) is 0 Å². The first-order valence-electron chi connectivity index (χ1n) is 7.85. The normalized spacial score (nSPS) is 24.0. The summed E-state index contributed by atoms with van der Waals surface area (Å²) in [5.74, 6) is 0. The van der Waals surface area contributed by atoms with Crippen molar-refractivity contribution in [3.63, 3.8) is 0 Å². The van der Waals surface area contributed by atoms with Crippen LogP contribution in [0.4, 0.5) is 9.18 Å². The van der Waals surface area contributed by atoms with Crippen LogP contribution in [0.3, 0.4) is 0 Å². The van der Waals surface area contributed by atoms with Gasteiger partial charge < -0.3 is 5.11 Å². The number of amides is 1. The number of aromatic nitrogens is 1. The Bertz CT molecular complexity index is 750. The average molecular weight is 329 g/mol. The Balaban J connectivity index is 1.98. The Kier molecular flexibility index (Phi) is 4.24. The number of nitrogens with one attached hydrogen (secondary N) is 1. The number of nitrogens with zero attached hydrogens (tertiary/aromatic N) is 2. The predicted octanol–water partition coefficient (Wildman–Crippen LogP) is 3.15. The molecule has 1 aromatic heterocycles. The average Bonchev–Trinajstić information content (AvgIpc) is 2.57. The third kappa shape index (κ3) is 2.73. The first-order valence-corrected chi connectivity index (χ1v) is 7.85. The van der Waals surface area contributed by atoms with E-state index in [1.165, 1.54) is 0 Å². The lowest BCUT2D eigenvalue weighted by Crippen LogP contribution is -2.63. The minimum absolute atomic E-state index is 0.243. The Morgan fingerprint density at radius 1 is 1.33 bits per heavy atom. The molecule has 3 rings (SSSR count). The van der Waals surface area contributed by atoms with Gasteiger partial charge in [0.15, 0.2) is 6.30 Å². The van der Waals surface area contributed by atoms with Crippen molar-refractivity contribution in [2.24, 2.45) is 0 Å². The molecule has 0 radical (unpaired) electrons. The fourth-order valence-corrected chi connectivity index (χ4v) is 3.15. The van der Waals surface area contributed by atoms with E-state index < -0.39 is 17.9 Å². The zero-order valence-corrected chi connectivity index (χ0v) is 13.7. The van der Waals surface area contributed by atoms with Crippen LogP contribution in [0.5, 0.6) is 0 Å². The van der Waals surface area contributed by atoms with Gasteiger partial charge >= 0.3 is 6.09 Å². The van der Waals surface area contributed by atoms with Gasteiger partial charge in [-0.05, 0) is 31.5 Å². The molecule has 6 heteroatoms. The highest BCUT2D eigenvalue weighted by Gasteiger charge is 2.47. The number of piperazine rings is 1. The number of halogens is 1. The molecule has 5 nitrogen and oxygen atoms in total. The second-order valence-electron chi connectivity index (χ2n) is 6.14. The molecular weight excluding hydrogens is 309 g/mol. The van der Waals surface area contributed by atoms with Gasteiger partial charge in [0.05, 0.1) is 5.69 Å². The summed E-state index contributed by atoms with van der Waals surface area (Å²) in [5, 5.41) is 12.2. The van der Waals surface area contributed by atoms with Crippen molar-refractivity contribution in [1.82, 2.24) is 15.2 Å².